The fourth-order valence-electron chi connectivity index (χ4n) is 3.78. The molecule has 172 valence electrons. The summed E-state index contributed by atoms with van der Waals surface area (Å²) in [6.45, 7) is 3.04. The molecular formula is C22H22F4N2O4. The van der Waals surface area contributed by atoms with E-state index in [1.807, 2.05) is 0 Å². The van der Waals surface area contributed by atoms with Gasteiger partial charge in [0, 0.05) is 30.3 Å². The van der Waals surface area contributed by atoms with Crippen LogP contribution >= 0.6 is 0 Å². The molecule has 32 heavy (non-hydrogen) atoms. The Labute approximate surface area is 181 Å². The van der Waals surface area contributed by atoms with Crippen LogP contribution in [0.5, 0.6) is 5.75 Å². The first-order valence-corrected chi connectivity index (χ1v) is 9.80. The first kappa shape index (κ1) is 23.6. The number of pyridine rings is 1. The molecule has 1 N–H and O–H groups in total. The van der Waals surface area contributed by atoms with Crippen LogP contribution in [0.3, 0.4) is 0 Å². The molecule has 1 aliphatic heterocycles. The smallest absolute Gasteiger partial charge is 0.387 e. The third-order valence-electron chi connectivity index (χ3n) is 5.69. The molecule has 1 amide bonds. The van der Waals surface area contributed by atoms with Gasteiger partial charge in [0.2, 0.25) is 5.82 Å². The molecule has 0 aliphatic carbocycles. The molecule has 3 rings (SSSR count). The predicted octanol–water partition coefficient (Wildman–Crippen LogP) is 4.70. The average molecular weight is 454 g/mol. The van der Waals surface area contributed by atoms with E-state index in [-0.39, 0.29) is 22.7 Å². The number of hydrogen-bond acceptors (Lipinski definition) is 5. The normalized spacial score (nSPS) is 22.1. The van der Waals surface area contributed by atoms with Gasteiger partial charge in [0.15, 0.2) is 17.3 Å². The van der Waals surface area contributed by atoms with E-state index in [2.05, 4.69) is 15.0 Å². The maximum absolute atomic E-state index is 14.4. The number of amides is 1. The van der Waals surface area contributed by atoms with Crippen molar-refractivity contribution in [2.24, 2.45) is 5.92 Å². The van der Waals surface area contributed by atoms with Gasteiger partial charge in [0.25, 0.3) is 5.91 Å². The van der Waals surface area contributed by atoms with Gasteiger partial charge in [-0.1, -0.05) is 13.0 Å². The van der Waals surface area contributed by atoms with Crippen LogP contribution in [0.2, 0.25) is 0 Å². The lowest BCUT2D eigenvalue weighted by molar-refractivity contribution is -0.131. The number of carbonyl (C=O) groups is 2. The molecular weight excluding hydrogens is 432 g/mol. The minimum absolute atomic E-state index is 0.110. The molecule has 0 unspecified atom stereocenters. The van der Waals surface area contributed by atoms with E-state index in [0.29, 0.717) is 0 Å². The van der Waals surface area contributed by atoms with E-state index in [4.69, 9.17) is 4.74 Å². The summed E-state index contributed by atoms with van der Waals surface area (Å²) in [7, 11) is 0. The summed E-state index contributed by atoms with van der Waals surface area (Å²) >= 11 is 0. The topological polar surface area (TPSA) is 77.5 Å². The molecule has 1 aliphatic rings. The lowest BCUT2D eigenvalue weighted by Gasteiger charge is -2.26. The average Bonchev–Trinajstić information content (AvgIpc) is 2.95. The highest BCUT2D eigenvalue weighted by Crippen LogP contribution is 2.49. The van der Waals surface area contributed by atoms with Gasteiger partial charge in [-0.05, 0) is 38.0 Å². The standard InChI is InChI=1S/C22H22F4N2O4/c1-10-16(13-5-6-14(23)17(24)18(13)31-21(25)26)19(32-22(10,3)4)20(30)28-12-7-8-27-15(9-12)11(2)29/h5-10,16,19,21H,1-4H3,(H,27,28,30)/t10-,16+,19-/m0/s1. The number of hydrogen-bond donors (Lipinski definition) is 1. The van der Waals surface area contributed by atoms with Gasteiger partial charge in [0.05, 0.1) is 5.60 Å². The Morgan fingerprint density at radius 3 is 2.53 bits per heavy atom. The van der Waals surface area contributed by atoms with Crippen molar-refractivity contribution >= 4 is 17.4 Å². The van der Waals surface area contributed by atoms with Crippen LogP contribution in [0.15, 0.2) is 30.5 Å². The molecule has 0 radical (unpaired) electrons. The summed E-state index contributed by atoms with van der Waals surface area (Å²) in [5, 5.41) is 2.61. The molecule has 1 aromatic heterocycles. The van der Waals surface area contributed by atoms with Gasteiger partial charge in [-0.25, -0.2) is 4.39 Å². The number of anilines is 1. The number of benzene rings is 1. The number of ketones is 1. The molecule has 0 bridgehead atoms. The molecule has 1 fully saturated rings. The molecule has 2 heterocycles. The summed E-state index contributed by atoms with van der Waals surface area (Å²) < 4.78 is 64.2. The van der Waals surface area contributed by atoms with E-state index < -0.39 is 53.4 Å². The van der Waals surface area contributed by atoms with Gasteiger partial charge < -0.3 is 14.8 Å². The third kappa shape index (κ3) is 4.59. The highest BCUT2D eigenvalue weighted by Gasteiger charge is 2.51. The number of alkyl halides is 2. The monoisotopic (exact) mass is 454 g/mol. The number of halogens is 4. The molecule has 1 saturated heterocycles. The molecule has 0 spiro atoms. The van der Waals surface area contributed by atoms with E-state index in [1.54, 1.807) is 20.8 Å². The van der Waals surface area contributed by atoms with Crippen LogP contribution in [-0.2, 0) is 9.53 Å². The zero-order chi connectivity index (χ0) is 23.8. The second-order valence-electron chi connectivity index (χ2n) is 8.09. The Kier molecular flexibility index (Phi) is 6.54. The highest BCUT2D eigenvalue weighted by atomic mass is 19.3. The first-order chi connectivity index (χ1) is 14.9. The van der Waals surface area contributed by atoms with Crippen molar-refractivity contribution in [3.63, 3.8) is 0 Å². The van der Waals surface area contributed by atoms with Gasteiger partial charge in [-0.15, -0.1) is 0 Å². The maximum Gasteiger partial charge on any atom is 0.387 e. The third-order valence-corrected chi connectivity index (χ3v) is 5.69. The Morgan fingerprint density at radius 1 is 1.22 bits per heavy atom. The fourth-order valence-corrected chi connectivity index (χ4v) is 3.78. The van der Waals surface area contributed by atoms with Crippen molar-refractivity contribution < 1.29 is 36.6 Å². The van der Waals surface area contributed by atoms with Crippen LogP contribution in [0.25, 0.3) is 0 Å². The van der Waals surface area contributed by atoms with Crippen LogP contribution in [-0.4, -0.2) is 35.0 Å². The minimum atomic E-state index is -3.40. The van der Waals surface area contributed by atoms with Gasteiger partial charge in [0.1, 0.15) is 11.8 Å². The zero-order valence-corrected chi connectivity index (χ0v) is 17.8. The highest BCUT2D eigenvalue weighted by molar-refractivity contribution is 5.97. The van der Waals surface area contributed by atoms with E-state index in [9.17, 15) is 27.2 Å². The molecule has 10 heteroatoms. The lowest BCUT2D eigenvalue weighted by Crippen LogP contribution is -2.33. The van der Waals surface area contributed by atoms with Crippen molar-refractivity contribution in [3.8, 4) is 5.75 Å². The fraction of sp³-hybridized carbons (Fsp3) is 0.409. The molecule has 6 nitrogen and oxygen atoms in total. The Bertz CT molecular complexity index is 1040. The Morgan fingerprint density at radius 2 is 1.91 bits per heavy atom. The maximum atomic E-state index is 14.4. The van der Waals surface area contributed by atoms with Crippen molar-refractivity contribution in [3.05, 3.63) is 53.4 Å². The summed E-state index contributed by atoms with van der Waals surface area (Å²) in [5.74, 6) is -6.23. The van der Waals surface area contributed by atoms with Gasteiger partial charge in [-0.2, -0.15) is 13.2 Å². The zero-order valence-electron chi connectivity index (χ0n) is 17.8. The summed E-state index contributed by atoms with van der Waals surface area (Å²) in [6.07, 6.45) is 0.106. The Hall–Kier alpha value is -3.01. The largest absolute Gasteiger partial charge is 0.431 e. The number of nitrogens with zero attached hydrogens (tertiary/aromatic N) is 1. The van der Waals surface area contributed by atoms with Crippen molar-refractivity contribution in [2.45, 2.75) is 51.9 Å². The van der Waals surface area contributed by atoms with Crippen molar-refractivity contribution in [2.75, 3.05) is 5.32 Å². The van der Waals surface area contributed by atoms with E-state index >= 15 is 0 Å². The minimum Gasteiger partial charge on any atom is -0.431 e. The number of carbonyl (C=O) groups excluding carboxylic acids is 2. The van der Waals surface area contributed by atoms with Crippen LogP contribution in [0, 0.1) is 17.6 Å². The number of aromatic nitrogens is 1. The van der Waals surface area contributed by atoms with Crippen LogP contribution in [0.1, 0.15) is 49.7 Å². The number of ether oxygens (including phenoxy) is 2. The number of nitrogens with one attached hydrogen (secondary N) is 1. The number of rotatable bonds is 6. The SMILES string of the molecule is CC(=O)c1cc(NC(=O)[C@H]2OC(C)(C)[C@@H](C)[C@@H]2c2ccc(F)c(F)c2OC(F)F)ccn1. The first-order valence-electron chi connectivity index (χ1n) is 9.80. The quantitative estimate of drug-likeness (QED) is 0.506. The Balaban J connectivity index is 2.01. The number of Topliss-reactive ketones (excluding diaryl/α,β-unsaturated/α-hetero) is 1. The van der Waals surface area contributed by atoms with E-state index in [1.165, 1.54) is 25.3 Å². The van der Waals surface area contributed by atoms with Crippen LogP contribution in [0.4, 0.5) is 23.2 Å². The van der Waals surface area contributed by atoms with Crippen molar-refractivity contribution in [1.29, 1.82) is 0 Å². The summed E-state index contributed by atoms with van der Waals surface area (Å²) in [6, 6.07) is 4.74. The van der Waals surface area contributed by atoms with Crippen molar-refractivity contribution in [1.82, 2.24) is 4.98 Å². The molecule has 1 aromatic carbocycles. The second-order valence-corrected chi connectivity index (χ2v) is 8.09. The molecule has 0 saturated carbocycles. The molecule has 3 atom stereocenters. The van der Waals surface area contributed by atoms with Crippen LogP contribution < -0.4 is 10.1 Å². The van der Waals surface area contributed by atoms with Gasteiger partial charge >= 0.3 is 6.61 Å². The lowest BCUT2D eigenvalue weighted by atomic mass is 9.78. The summed E-state index contributed by atoms with van der Waals surface area (Å²) in [5.41, 5.74) is -0.609. The molecule has 2 aromatic rings. The summed E-state index contributed by atoms with van der Waals surface area (Å²) in [4.78, 5) is 28.6. The second kappa shape index (κ2) is 8.85. The predicted molar refractivity (Wildman–Crippen MR) is 107 cm³/mol. The van der Waals surface area contributed by atoms with Gasteiger partial charge in [-0.3, -0.25) is 14.6 Å². The van der Waals surface area contributed by atoms with E-state index in [0.717, 1.165) is 12.1 Å².